The highest BCUT2D eigenvalue weighted by molar-refractivity contribution is 6.00. The standard InChI is InChI=1S/C15H12FN3O2/c16-11-4-1-3-10(9-11)7-8-19-13-6-2-5-12(15(20)21)14(13)17-18-19/h1-6,9H,7-8H2,(H,20,21). The third-order valence-electron chi connectivity index (χ3n) is 3.28. The van der Waals surface area contributed by atoms with Crippen molar-refractivity contribution < 1.29 is 14.3 Å². The van der Waals surface area contributed by atoms with Gasteiger partial charge in [0.1, 0.15) is 11.3 Å². The number of halogens is 1. The van der Waals surface area contributed by atoms with Gasteiger partial charge in [-0.2, -0.15) is 0 Å². The molecular weight excluding hydrogens is 273 g/mol. The highest BCUT2D eigenvalue weighted by Crippen LogP contribution is 2.16. The zero-order chi connectivity index (χ0) is 14.8. The number of carboxylic acids is 1. The van der Waals surface area contributed by atoms with Gasteiger partial charge in [0.15, 0.2) is 0 Å². The van der Waals surface area contributed by atoms with Crippen LogP contribution in [0.4, 0.5) is 4.39 Å². The van der Waals surface area contributed by atoms with Crippen molar-refractivity contribution in [2.24, 2.45) is 0 Å². The SMILES string of the molecule is O=C(O)c1cccc2c1nnn2CCc1cccc(F)c1. The number of hydrogen-bond acceptors (Lipinski definition) is 3. The number of rotatable bonds is 4. The second-order valence-electron chi connectivity index (χ2n) is 4.67. The third kappa shape index (κ3) is 2.60. The number of aromatic nitrogens is 3. The van der Waals surface area contributed by atoms with Crippen molar-refractivity contribution in [2.45, 2.75) is 13.0 Å². The topological polar surface area (TPSA) is 68.0 Å². The number of hydrogen-bond donors (Lipinski definition) is 1. The molecule has 1 aromatic heterocycles. The van der Waals surface area contributed by atoms with Crippen molar-refractivity contribution in [3.63, 3.8) is 0 Å². The Balaban J connectivity index is 1.88. The van der Waals surface area contributed by atoms with Crippen LogP contribution in [0.1, 0.15) is 15.9 Å². The van der Waals surface area contributed by atoms with Crippen molar-refractivity contribution in [3.05, 3.63) is 59.4 Å². The van der Waals surface area contributed by atoms with Crippen molar-refractivity contribution >= 4 is 17.0 Å². The summed E-state index contributed by atoms with van der Waals surface area (Å²) >= 11 is 0. The van der Waals surface area contributed by atoms with Gasteiger partial charge in [0.05, 0.1) is 11.1 Å². The molecule has 0 amide bonds. The minimum absolute atomic E-state index is 0.129. The molecular formula is C15H12FN3O2. The molecule has 5 nitrogen and oxygen atoms in total. The summed E-state index contributed by atoms with van der Waals surface area (Å²) in [6.07, 6.45) is 0.591. The highest BCUT2D eigenvalue weighted by Gasteiger charge is 2.13. The van der Waals surface area contributed by atoms with E-state index in [1.165, 1.54) is 18.2 Å². The molecule has 3 rings (SSSR count). The fraction of sp³-hybridized carbons (Fsp3) is 0.133. The molecule has 0 aliphatic rings. The van der Waals surface area contributed by atoms with Gasteiger partial charge in [-0.25, -0.2) is 13.9 Å². The third-order valence-corrected chi connectivity index (χ3v) is 3.28. The molecule has 0 saturated carbocycles. The van der Waals surface area contributed by atoms with Gasteiger partial charge in [-0.15, -0.1) is 5.10 Å². The maximum Gasteiger partial charge on any atom is 0.338 e. The number of fused-ring (bicyclic) bond motifs is 1. The summed E-state index contributed by atoms with van der Waals surface area (Å²) in [5.41, 5.74) is 2.01. The molecule has 0 fully saturated rings. The molecule has 0 bridgehead atoms. The van der Waals surface area contributed by atoms with E-state index in [1.54, 1.807) is 22.9 Å². The molecule has 21 heavy (non-hydrogen) atoms. The normalized spacial score (nSPS) is 10.9. The largest absolute Gasteiger partial charge is 0.478 e. The van der Waals surface area contributed by atoms with E-state index < -0.39 is 5.97 Å². The van der Waals surface area contributed by atoms with Crippen LogP contribution >= 0.6 is 0 Å². The second-order valence-corrected chi connectivity index (χ2v) is 4.67. The lowest BCUT2D eigenvalue weighted by Crippen LogP contribution is -2.04. The van der Waals surface area contributed by atoms with Crippen LogP contribution in [0.2, 0.25) is 0 Å². The van der Waals surface area contributed by atoms with Gasteiger partial charge in [-0.3, -0.25) is 0 Å². The minimum Gasteiger partial charge on any atom is -0.478 e. The van der Waals surface area contributed by atoms with Gasteiger partial charge in [0, 0.05) is 6.54 Å². The zero-order valence-corrected chi connectivity index (χ0v) is 11.0. The minimum atomic E-state index is -1.03. The Morgan fingerprint density at radius 3 is 2.81 bits per heavy atom. The van der Waals surface area contributed by atoms with E-state index in [-0.39, 0.29) is 11.4 Å². The Kier molecular flexibility index (Phi) is 3.35. The Bertz CT molecular complexity index is 814. The van der Waals surface area contributed by atoms with E-state index in [0.717, 1.165) is 5.56 Å². The second kappa shape index (κ2) is 5.32. The first-order chi connectivity index (χ1) is 10.1. The molecule has 0 saturated heterocycles. The lowest BCUT2D eigenvalue weighted by atomic mass is 10.1. The van der Waals surface area contributed by atoms with E-state index in [0.29, 0.717) is 24.0 Å². The number of carbonyl (C=O) groups is 1. The Labute approximate surface area is 119 Å². The van der Waals surface area contributed by atoms with Gasteiger partial charge in [0.2, 0.25) is 0 Å². The smallest absolute Gasteiger partial charge is 0.338 e. The summed E-state index contributed by atoms with van der Waals surface area (Å²) < 4.78 is 14.8. The number of aromatic carboxylic acids is 1. The Morgan fingerprint density at radius 2 is 2.05 bits per heavy atom. The van der Waals surface area contributed by atoms with Crippen molar-refractivity contribution in [3.8, 4) is 0 Å². The quantitative estimate of drug-likeness (QED) is 0.799. The molecule has 0 radical (unpaired) electrons. The molecule has 1 heterocycles. The van der Waals surface area contributed by atoms with Gasteiger partial charge in [-0.1, -0.05) is 23.4 Å². The van der Waals surface area contributed by atoms with Crippen LogP contribution in [0.15, 0.2) is 42.5 Å². The van der Waals surface area contributed by atoms with E-state index in [2.05, 4.69) is 10.3 Å². The average Bonchev–Trinajstić information content (AvgIpc) is 2.88. The van der Waals surface area contributed by atoms with Crippen LogP contribution in [0.3, 0.4) is 0 Å². The summed E-state index contributed by atoms with van der Waals surface area (Å²) in [6, 6.07) is 11.3. The number of carboxylic acid groups (broad SMARTS) is 1. The summed E-state index contributed by atoms with van der Waals surface area (Å²) in [5.74, 6) is -1.30. The Morgan fingerprint density at radius 1 is 1.24 bits per heavy atom. The number of aryl methyl sites for hydroxylation is 2. The van der Waals surface area contributed by atoms with Crippen molar-refractivity contribution in [1.82, 2.24) is 15.0 Å². The summed E-state index contributed by atoms with van der Waals surface area (Å²) in [5, 5.41) is 17.0. The monoisotopic (exact) mass is 285 g/mol. The van der Waals surface area contributed by atoms with Gasteiger partial charge < -0.3 is 5.11 Å². The lowest BCUT2D eigenvalue weighted by molar-refractivity contribution is 0.0699. The van der Waals surface area contributed by atoms with Gasteiger partial charge in [0.25, 0.3) is 0 Å². The van der Waals surface area contributed by atoms with Crippen molar-refractivity contribution in [2.75, 3.05) is 0 Å². The van der Waals surface area contributed by atoms with Crippen LogP contribution in [0.25, 0.3) is 11.0 Å². The fourth-order valence-electron chi connectivity index (χ4n) is 2.26. The zero-order valence-electron chi connectivity index (χ0n) is 11.0. The molecule has 0 atom stereocenters. The fourth-order valence-corrected chi connectivity index (χ4v) is 2.26. The van der Waals surface area contributed by atoms with Crippen LogP contribution in [0, 0.1) is 5.82 Å². The summed E-state index contributed by atoms with van der Waals surface area (Å²) in [4.78, 5) is 11.1. The molecule has 2 aromatic carbocycles. The van der Waals surface area contributed by atoms with E-state index >= 15 is 0 Å². The van der Waals surface area contributed by atoms with Crippen molar-refractivity contribution in [1.29, 1.82) is 0 Å². The van der Waals surface area contributed by atoms with E-state index in [4.69, 9.17) is 5.11 Å². The van der Waals surface area contributed by atoms with E-state index in [9.17, 15) is 9.18 Å². The van der Waals surface area contributed by atoms with E-state index in [1.807, 2.05) is 6.07 Å². The lowest BCUT2D eigenvalue weighted by Gasteiger charge is -2.03. The molecule has 0 unspecified atom stereocenters. The predicted octanol–water partition coefficient (Wildman–Crippen LogP) is 2.51. The first-order valence-corrected chi connectivity index (χ1v) is 6.45. The van der Waals surface area contributed by atoms with Crippen LogP contribution in [0.5, 0.6) is 0 Å². The first kappa shape index (κ1) is 13.2. The number of benzene rings is 2. The number of nitrogens with zero attached hydrogens (tertiary/aromatic N) is 3. The summed E-state index contributed by atoms with van der Waals surface area (Å²) in [7, 11) is 0. The Hall–Kier alpha value is -2.76. The van der Waals surface area contributed by atoms with Crippen LogP contribution in [-0.2, 0) is 13.0 Å². The molecule has 3 aromatic rings. The van der Waals surface area contributed by atoms with Gasteiger partial charge >= 0.3 is 5.97 Å². The molecule has 0 spiro atoms. The molecule has 6 heteroatoms. The molecule has 106 valence electrons. The maximum atomic E-state index is 13.1. The highest BCUT2D eigenvalue weighted by atomic mass is 19.1. The predicted molar refractivity (Wildman–Crippen MR) is 74.6 cm³/mol. The molecule has 1 N–H and O–H groups in total. The van der Waals surface area contributed by atoms with Crippen LogP contribution in [-0.4, -0.2) is 26.1 Å². The first-order valence-electron chi connectivity index (χ1n) is 6.45. The average molecular weight is 285 g/mol. The molecule has 0 aliphatic carbocycles. The molecule has 0 aliphatic heterocycles. The summed E-state index contributed by atoms with van der Waals surface area (Å²) in [6.45, 7) is 0.503. The van der Waals surface area contributed by atoms with Crippen LogP contribution < -0.4 is 0 Å². The maximum absolute atomic E-state index is 13.1. The van der Waals surface area contributed by atoms with Gasteiger partial charge in [-0.05, 0) is 36.2 Å².